The molecule has 3 aromatic rings. The minimum Gasteiger partial charge on any atom is -0.371 e. The van der Waals surface area contributed by atoms with Crippen molar-refractivity contribution >= 4 is 41.0 Å². The highest BCUT2D eigenvalue weighted by Gasteiger charge is 2.14. The maximum atomic E-state index is 4.59. The van der Waals surface area contributed by atoms with Crippen molar-refractivity contribution in [2.24, 2.45) is 0 Å². The largest absolute Gasteiger partial charge is 0.371 e. The minimum absolute atomic E-state index is 0. The van der Waals surface area contributed by atoms with Crippen molar-refractivity contribution in [2.45, 2.75) is 19.8 Å². The van der Waals surface area contributed by atoms with Crippen molar-refractivity contribution in [3.8, 4) is 0 Å². The van der Waals surface area contributed by atoms with Crippen LogP contribution < -0.4 is 4.90 Å². The number of aromatic nitrogens is 1. The smallest absolute Gasteiger partial charge is 0.0650 e. The third kappa shape index (κ3) is 3.69. The lowest BCUT2D eigenvalue weighted by Crippen LogP contribution is -2.18. The molecule has 2 aromatic carbocycles. The average molecular weight is 351 g/mol. The Morgan fingerprint density at radius 1 is 0.960 bits per heavy atom. The van der Waals surface area contributed by atoms with Gasteiger partial charge in [-0.3, -0.25) is 4.98 Å². The highest BCUT2D eigenvalue weighted by Crippen LogP contribution is 2.25. The van der Waals surface area contributed by atoms with Gasteiger partial charge >= 0.3 is 0 Å². The lowest BCUT2D eigenvalue weighted by Gasteiger charge is -2.20. The Balaban J connectivity index is 0.00000182. The highest BCUT2D eigenvalue weighted by atomic mass is 35.5. The molecule has 1 saturated heterocycles. The molecular weight excluding hydrogens is 328 g/mol. The van der Waals surface area contributed by atoms with Gasteiger partial charge in [0.15, 0.2) is 0 Å². The van der Waals surface area contributed by atoms with Crippen LogP contribution in [0.3, 0.4) is 0 Å². The molecule has 3 heteroatoms. The van der Waals surface area contributed by atoms with Gasteiger partial charge in [-0.05, 0) is 53.8 Å². The van der Waals surface area contributed by atoms with E-state index in [1.54, 1.807) is 0 Å². The fraction of sp³-hybridized carbons (Fsp3) is 0.227. The van der Waals surface area contributed by atoms with E-state index < -0.39 is 0 Å². The Labute approximate surface area is 155 Å². The van der Waals surface area contributed by atoms with Crippen molar-refractivity contribution in [2.75, 3.05) is 18.0 Å². The van der Waals surface area contributed by atoms with E-state index in [0.717, 1.165) is 18.8 Å². The predicted molar refractivity (Wildman–Crippen MR) is 111 cm³/mol. The molecule has 0 atom stereocenters. The quantitative estimate of drug-likeness (QED) is 0.599. The first kappa shape index (κ1) is 17.5. The van der Waals surface area contributed by atoms with Crippen molar-refractivity contribution in [1.82, 2.24) is 4.98 Å². The average Bonchev–Trinajstić information content (AvgIpc) is 3.15. The summed E-state index contributed by atoms with van der Waals surface area (Å²) < 4.78 is 0. The molecule has 2 nitrogen and oxygen atoms in total. The number of hydrogen-bond donors (Lipinski definition) is 0. The van der Waals surface area contributed by atoms with Crippen molar-refractivity contribution < 1.29 is 0 Å². The fourth-order valence-corrected chi connectivity index (χ4v) is 3.49. The molecule has 1 aliphatic rings. The topological polar surface area (TPSA) is 16.1 Å². The van der Waals surface area contributed by atoms with Crippen LogP contribution in [0.15, 0.2) is 54.7 Å². The zero-order chi connectivity index (χ0) is 16.4. The van der Waals surface area contributed by atoms with E-state index in [1.807, 2.05) is 6.20 Å². The van der Waals surface area contributed by atoms with Crippen molar-refractivity contribution in [3.05, 3.63) is 71.5 Å². The fourth-order valence-electron chi connectivity index (χ4n) is 3.49. The summed E-state index contributed by atoms with van der Waals surface area (Å²) in [5, 5.41) is 2.55. The molecule has 0 N–H and O–H groups in total. The SMILES string of the molecule is Cc1cnc(/C=C\c2cccc3ccccc23)cc1N1CCCC1.Cl. The van der Waals surface area contributed by atoms with E-state index in [2.05, 4.69) is 77.5 Å². The van der Waals surface area contributed by atoms with Crippen LogP contribution in [0.2, 0.25) is 0 Å². The minimum atomic E-state index is 0. The van der Waals surface area contributed by atoms with Crippen LogP contribution in [0.25, 0.3) is 22.9 Å². The second-order valence-corrected chi connectivity index (χ2v) is 6.49. The van der Waals surface area contributed by atoms with E-state index in [-0.39, 0.29) is 12.4 Å². The summed E-state index contributed by atoms with van der Waals surface area (Å²) in [6, 6.07) is 17.2. The zero-order valence-corrected chi connectivity index (χ0v) is 15.3. The van der Waals surface area contributed by atoms with Crippen LogP contribution in [0, 0.1) is 6.92 Å². The van der Waals surface area contributed by atoms with Crippen molar-refractivity contribution in [1.29, 1.82) is 0 Å². The summed E-state index contributed by atoms with van der Waals surface area (Å²) in [4.78, 5) is 7.07. The van der Waals surface area contributed by atoms with Gasteiger partial charge in [0.1, 0.15) is 0 Å². The number of hydrogen-bond acceptors (Lipinski definition) is 2. The number of pyridine rings is 1. The standard InChI is InChI=1S/C22H22N2.ClH/c1-17-16-23-20(15-22(17)24-13-4-5-14-24)12-11-19-9-6-8-18-7-2-3-10-21(18)19;/h2-3,6-12,15-16H,4-5,13-14H2,1H3;1H/b12-11-;. The molecule has 2 heterocycles. The maximum Gasteiger partial charge on any atom is 0.0650 e. The molecule has 0 amide bonds. The molecule has 0 aliphatic carbocycles. The van der Waals surface area contributed by atoms with Crippen LogP contribution in [-0.4, -0.2) is 18.1 Å². The molecule has 0 bridgehead atoms. The lowest BCUT2D eigenvalue weighted by molar-refractivity contribution is 0.949. The Morgan fingerprint density at radius 3 is 2.56 bits per heavy atom. The number of anilines is 1. The van der Waals surface area contributed by atoms with Crippen molar-refractivity contribution in [3.63, 3.8) is 0 Å². The number of halogens is 1. The Bertz CT molecular complexity index is 890. The summed E-state index contributed by atoms with van der Waals surface area (Å²) in [5.74, 6) is 0. The van der Waals surface area contributed by atoms with Crippen LogP contribution in [0.5, 0.6) is 0 Å². The monoisotopic (exact) mass is 350 g/mol. The van der Waals surface area contributed by atoms with Gasteiger partial charge in [0.25, 0.3) is 0 Å². The molecule has 128 valence electrons. The molecular formula is C22H23ClN2. The van der Waals surface area contributed by atoms with E-state index >= 15 is 0 Å². The first-order chi connectivity index (χ1) is 11.8. The Kier molecular flexibility index (Phi) is 5.40. The first-order valence-corrected chi connectivity index (χ1v) is 8.69. The number of fused-ring (bicyclic) bond motifs is 1. The second kappa shape index (κ2) is 7.71. The second-order valence-electron chi connectivity index (χ2n) is 6.49. The van der Waals surface area contributed by atoms with Crippen LogP contribution >= 0.6 is 12.4 Å². The van der Waals surface area contributed by atoms with Gasteiger partial charge in [0, 0.05) is 25.0 Å². The van der Waals surface area contributed by atoms with Gasteiger partial charge in [0.2, 0.25) is 0 Å². The predicted octanol–water partition coefficient (Wildman–Crippen LogP) is 5.74. The van der Waals surface area contributed by atoms with Crippen LogP contribution in [-0.2, 0) is 0 Å². The van der Waals surface area contributed by atoms with Gasteiger partial charge < -0.3 is 4.90 Å². The number of nitrogens with zero attached hydrogens (tertiary/aromatic N) is 2. The molecule has 0 saturated carbocycles. The third-order valence-corrected chi connectivity index (χ3v) is 4.80. The van der Waals surface area contributed by atoms with Gasteiger partial charge in [0.05, 0.1) is 5.69 Å². The van der Waals surface area contributed by atoms with Crippen LogP contribution in [0.4, 0.5) is 5.69 Å². The molecule has 25 heavy (non-hydrogen) atoms. The van der Waals surface area contributed by atoms with Gasteiger partial charge in [-0.1, -0.05) is 48.5 Å². The molecule has 1 aromatic heterocycles. The maximum absolute atomic E-state index is 4.59. The molecule has 0 radical (unpaired) electrons. The molecule has 1 aliphatic heterocycles. The third-order valence-electron chi connectivity index (χ3n) is 4.80. The van der Waals surface area contributed by atoms with E-state index in [9.17, 15) is 0 Å². The van der Waals surface area contributed by atoms with E-state index in [0.29, 0.717) is 0 Å². The Morgan fingerprint density at radius 2 is 1.72 bits per heavy atom. The van der Waals surface area contributed by atoms with E-state index in [1.165, 1.54) is 40.4 Å². The highest BCUT2D eigenvalue weighted by molar-refractivity contribution is 5.92. The summed E-state index contributed by atoms with van der Waals surface area (Å²) in [5.41, 5.74) is 4.85. The summed E-state index contributed by atoms with van der Waals surface area (Å²) in [6.07, 6.45) is 8.89. The van der Waals surface area contributed by atoms with Gasteiger partial charge in [-0.15, -0.1) is 12.4 Å². The van der Waals surface area contributed by atoms with E-state index in [4.69, 9.17) is 0 Å². The number of aryl methyl sites for hydroxylation is 1. The molecule has 0 unspecified atom stereocenters. The number of rotatable bonds is 3. The zero-order valence-electron chi connectivity index (χ0n) is 14.5. The summed E-state index contributed by atoms with van der Waals surface area (Å²) in [7, 11) is 0. The normalized spacial score (nSPS) is 14.2. The lowest BCUT2D eigenvalue weighted by atomic mass is 10.0. The van der Waals surface area contributed by atoms with Crippen LogP contribution in [0.1, 0.15) is 29.7 Å². The molecule has 4 rings (SSSR count). The van der Waals surface area contributed by atoms with Gasteiger partial charge in [-0.2, -0.15) is 0 Å². The molecule has 1 fully saturated rings. The Hall–Kier alpha value is -2.32. The molecule has 0 spiro atoms. The summed E-state index contributed by atoms with van der Waals surface area (Å²) in [6.45, 7) is 4.48. The number of benzene rings is 2. The first-order valence-electron chi connectivity index (χ1n) is 8.69. The summed E-state index contributed by atoms with van der Waals surface area (Å²) >= 11 is 0. The van der Waals surface area contributed by atoms with Gasteiger partial charge in [-0.25, -0.2) is 0 Å².